The monoisotopic (exact) mass is 473 g/mol. The van der Waals surface area contributed by atoms with Crippen molar-refractivity contribution in [3.05, 3.63) is 16.1 Å². The number of methoxy groups -OCH3 is 1. The van der Waals surface area contributed by atoms with Gasteiger partial charge in [0.05, 0.1) is 24.1 Å². The fourth-order valence-corrected chi connectivity index (χ4v) is 4.15. The third-order valence-electron chi connectivity index (χ3n) is 4.37. The molecule has 1 aliphatic rings. The molecule has 0 aromatic carbocycles. The number of aromatic nitrogens is 3. The Balaban J connectivity index is 1.91. The Hall–Kier alpha value is -1.62. The lowest BCUT2D eigenvalue weighted by molar-refractivity contribution is 0.0146. The molecule has 2 aromatic rings. The minimum absolute atomic E-state index is 0.0471. The van der Waals surface area contributed by atoms with Crippen molar-refractivity contribution in [1.82, 2.24) is 19.4 Å². The van der Waals surface area contributed by atoms with Gasteiger partial charge in [-0.15, -0.1) is 0 Å². The van der Waals surface area contributed by atoms with Crippen LogP contribution in [0.2, 0.25) is 0 Å². The van der Waals surface area contributed by atoms with E-state index in [4.69, 9.17) is 15.2 Å². The fraction of sp³-hybridized carbons (Fsp3) is 0.588. The Labute approximate surface area is 166 Å². The molecule has 3 rings (SSSR count). The van der Waals surface area contributed by atoms with E-state index in [1.807, 2.05) is 27.0 Å². The predicted molar refractivity (Wildman–Crippen MR) is 107 cm³/mol. The summed E-state index contributed by atoms with van der Waals surface area (Å²) in [5, 5.41) is 0.854. The van der Waals surface area contributed by atoms with E-state index in [-0.39, 0.29) is 18.2 Å². The van der Waals surface area contributed by atoms with Gasteiger partial charge in [-0.3, -0.25) is 0 Å². The van der Waals surface area contributed by atoms with Crippen LogP contribution in [0.1, 0.15) is 33.2 Å². The highest BCUT2D eigenvalue weighted by molar-refractivity contribution is 14.1. The van der Waals surface area contributed by atoms with Gasteiger partial charge in [-0.2, -0.15) is 0 Å². The van der Waals surface area contributed by atoms with Gasteiger partial charge in [-0.05, 0) is 49.8 Å². The first-order valence-electron chi connectivity index (χ1n) is 8.46. The van der Waals surface area contributed by atoms with Gasteiger partial charge >= 0.3 is 6.09 Å². The van der Waals surface area contributed by atoms with Crippen LogP contribution in [0.5, 0.6) is 0 Å². The fourth-order valence-electron chi connectivity index (χ4n) is 3.33. The highest BCUT2D eigenvalue weighted by Crippen LogP contribution is 2.34. The Morgan fingerprint density at radius 1 is 1.42 bits per heavy atom. The molecule has 1 saturated heterocycles. The zero-order chi connectivity index (χ0) is 19.1. The number of rotatable bonds is 3. The molecule has 0 aliphatic carbocycles. The number of hydrogen-bond donors (Lipinski definition) is 1. The highest BCUT2D eigenvalue weighted by atomic mass is 127. The van der Waals surface area contributed by atoms with Crippen molar-refractivity contribution >= 4 is 45.5 Å². The first-order valence-corrected chi connectivity index (χ1v) is 9.54. The van der Waals surface area contributed by atoms with Crippen molar-refractivity contribution in [3.8, 4) is 0 Å². The van der Waals surface area contributed by atoms with Crippen LogP contribution >= 0.6 is 22.6 Å². The minimum atomic E-state index is -0.538. The number of likely N-dealkylation sites (tertiary alicyclic amines) is 1. The van der Waals surface area contributed by atoms with E-state index in [9.17, 15) is 4.79 Å². The Morgan fingerprint density at radius 3 is 2.81 bits per heavy atom. The molecule has 3 heterocycles. The number of ether oxygens (including phenoxy) is 2. The number of nitrogen functional groups attached to an aromatic ring is 1. The smallest absolute Gasteiger partial charge is 0.410 e. The first-order chi connectivity index (χ1) is 12.2. The van der Waals surface area contributed by atoms with Crippen LogP contribution in [0.3, 0.4) is 0 Å². The minimum Gasteiger partial charge on any atom is -0.444 e. The number of hydrogen-bond acceptors (Lipinski definition) is 6. The number of carbonyl (C=O) groups is 1. The molecule has 2 atom stereocenters. The summed E-state index contributed by atoms with van der Waals surface area (Å²) in [5.74, 6) is 0.466. The van der Waals surface area contributed by atoms with Gasteiger partial charge in [0, 0.05) is 23.4 Å². The average Bonchev–Trinajstić information content (AvgIpc) is 3.08. The molecule has 1 fully saturated rings. The van der Waals surface area contributed by atoms with Crippen LogP contribution in [0.15, 0.2) is 12.5 Å². The highest BCUT2D eigenvalue weighted by Gasteiger charge is 2.39. The molecule has 0 spiro atoms. The van der Waals surface area contributed by atoms with Crippen LogP contribution in [-0.4, -0.2) is 57.4 Å². The number of fused-ring (bicyclic) bond motifs is 1. The number of nitrogens with two attached hydrogens (primary N) is 1. The third-order valence-corrected chi connectivity index (χ3v) is 5.18. The SMILES string of the molecule is COC[C@H]1C[C@H](n2cc(I)c3c(N)ncnc32)CN1C(=O)OC(C)(C)C. The number of anilines is 1. The summed E-state index contributed by atoms with van der Waals surface area (Å²) in [6, 6.07) is 0.0251. The quantitative estimate of drug-likeness (QED) is 0.690. The molecule has 8 nitrogen and oxygen atoms in total. The van der Waals surface area contributed by atoms with Gasteiger partial charge in [-0.1, -0.05) is 0 Å². The van der Waals surface area contributed by atoms with Crippen molar-refractivity contribution < 1.29 is 14.3 Å². The summed E-state index contributed by atoms with van der Waals surface area (Å²) in [7, 11) is 1.64. The number of carbonyl (C=O) groups excluding carboxylic acids is 1. The first kappa shape index (κ1) is 19.2. The van der Waals surface area contributed by atoms with Gasteiger partial charge in [0.15, 0.2) is 0 Å². The molecule has 142 valence electrons. The molecule has 0 bridgehead atoms. The second-order valence-electron chi connectivity index (χ2n) is 7.47. The predicted octanol–water partition coefficient (Wildman–Crippen LogP) is 2.82. The maximum Gasteiger partial charge on any atom is 0.410 e. The number of nitrogens with zero attached hydrogens (tertiary/aromatic N) is 4. The van der Waals surface area contributed by atoms with Gasteiger partial charge in [0.2, 0.25) is 0 Å². The normalized spacial score (nSPS) is 20.7. The summed E-state index contributed by atoms with van der Waals surface area (Å²) in [5.41, 5.74) is 6.26. The van der Waals surface area contributed by atoms with Crippen molar-refractivity contribution in [2.75, 3.05) is 26.0 Å². The second kappa shape index (κ2) is 7.18. The van der Waals surface area contributed by atoms with E-state index in [1.165, 1.54) is 6.33 Å². The van der Waals surface area contributed by atoms with E-state index in [0.29, 0.717) is 19.0 Å². The van der Waals surface area contributed by atoms with Gasteiger partial charge in [-0.25, -0.2) is 14.8 Å². The summed E-state index contributed by atoms with van der Waals surface area (Å²) < 4.78 is 14.0. The van der Waals surface area contributed by atoms with Crippen LogP contribution in [-0.2, 0) is 9.47 Å². The molecule has 1 amide bonds. The van der Waals surface area contributed by atoms with Crippen molar-refractivity contribution in [2.45, 2.75) is 44.9 Å². The summed E-state index contributed by atoms with van der Waals surface area (Å²) in [6.45, 7) is 6.59. The van der Waals surface area contributed by atoms with Gasteiger partial charge in [0.25, 0.3) is 0 Å². The Kier molecular flexibility index (Phi) is 5.29. The summed E-state index contributed by atoms with van der Waals surface area (Å²) in [6.07, 6.45) is 3.93. The van der Waals surface area contributed by atoms with Crippen LogP contribution in [0.25, 0.3) is 11.0 Å². The molecule has 0 radical (unpaired) electrons. The largest absolute Gasteiger partial charge is 0.444 e. The standard InChI is InChI=1S/C17H24IN5O3/c1-17(2,3)26-16(24)23-6-10(5-11(23)8-25-4)22-7-12(18)13-14(19)20-9-21-15(13)22/h7,9-11H,5-6,8H2,1-4H3,(H2,19,20,21)/t10-,11+/m0/s1. The van der Waals surface area contributed by atoms with Gasteiger partial charge < -0.3 is 24.7 Å². The van der Waals surface area contributed by atoms with Crippen molar-refractivity contribution in [3.63, 3.8) is 0 Å². The van der Waals surface area contributed by atoms with Crippen LogP contribution < -0.4 is 5.73 Å². The molecule has 0 saturated carbocycles. The molecule has 2 N–H and O–H groups in total. The zero-order valence-electron chi connectivity index (χ0n) is 15.4. The van der Waals surface area contributed by atoms with E-state index in [2.05, 4.69) is 37.1 Å². The van der Waals surface area contributed by atoms with Gasteiger partial charge in [0.1, 0.15) is 23.4 Å². The number of halogens is 1. The molecule has 9 heteroatoms. The third kappa shape index (κ3) is 3.73. The zero-order valence-corrected chi connectivity index (χ0v) is 17.6. The second-order valence-corrected chi connectivity index (χ2v) is 8.64. The maximum atomic E-state index is 12.6. The topological polar surface area (TPSA) is 95.5 Å². The van der Waals surface area contributed by atoms with E-state index in [1.54, 1.807) is 12.0 Å². The molecular formula is C17H24IN5O3. The maximum absolute atomic E-state index is 12.6. The van der Waals surface area contributed by atoms with E-state index in [0.717, 1.165) is 21.0 Å². The lowest BCUT2D eigenvalue weighted by Crippen LogP contribution is -2.41. The average molecular weight is 473 g/mol. The van der Waals surface area contributed by atoms with Crippen LogP contribution in [0.4, 0.5) is 10.6 Å². The Morgan fingerprint density at radius 2 is 2.15 bits per heavy atom. The summed E-state index contributed by atoms with van der Waals surface area (Å²) in [4.78, 5) is 22.9. The number of amides is 1. The molecular weight excluding hydrogens is 449 g/mol. The molecule has 0 unspecified atom stereocenters. The lowest BCUT2D eigenvalue weighted by Gasteiger charge is -2.28. The lowest BCUT2D eigenvalue weighted by atomic mass is 10.2. The van der Waals surface area contributed by atoms with Crippen molar-refractivity contribution in [1.29, 1.82) is 0 Å². The van der Waals surface area contributed by atoms with E-state index < -0.39 is 5.60 Å². The van der Waals surface area contributed by atoms with E-state index >= 15 is 0 Å². The van der Waals surface area contributed by atoms with Crippen LogP contribution in [0, 0.1) is 3.57 Å². The van der Waals surface area contributed by atoms with Crippen molar-refractivity contribution in [2.24, 2.45) is 0 Å². The Bertz CT molecular complexity index is 817. The molecule has 26 heavy (non-hydrogen) atoms. The molecule has 2 aromatic heterocycles. The molecule has 1 aliphatic heterocycles. The summed E-state index contributed by atoms with van der Waals surface area (Å²) >= 11 is 2.24.